The SMILES string of the molecule is CC1Cc2ccc(Br)cc2C(c2ccccc2[N+](=O)[O-])=NN1C(N)=O. The van der Waals surface area contributed by atoms with Crippen LogP contribution in [0.1, 0.15) is 23.6 Å². The van der Waals surface area contributed by atoms with Crippen LogP contribution in [0.3, 0.4) is 0 Å². The number of nitro benzene ring substituents is 1. The Kier molecular flexibility index (Phi) is 4.54. The van der Waals surface area contributed by atoms with Crippen LogP contribution in [-0.2, 0) is 6.42 Å². The minimum Gasteiger partial charge on any atom is -0.350 e. The lowest BCUT2D eigenvalue weighted by molar-refractivity contribution is -0.385. The minimum absolute atomic E-state index is 0.0776. The number of nitrogens with two attached hydrogens (primary N) is 1. The molecule has 2 N–H and O–H groups in total. The fraction of sp³-hybridized carbons (Fsp3) is 0.176. The zero-order valence-electron chi connectivity index (χ0n) is 13.3. The first-order chi connectivity index (χ1) is 11.9. The van der Waals surface area contributed by atoms with Gasteiger partial charge in [-0.05, 0) is 37.1 Å². The summed E-state index contributed by atoms with van der Waals surface area (Å²) >= 11 is 3.43. The van der Waals surface area contributed by atoms with Crippen molar-refractivity contribution in [1.82, 2.24) is 5.01 Å². The summed E-state index contributed by atoms with van der Waals surface area (Å²) in [5.41, 5.74) is 7.76. The summed E-state index contributed by atoms with van der Waals surface area (Å²) in [7, 11) is 0. The molecule has 0 aromatic heterocycles. The van der Waals surface area contributed by atoms with Crippen LogP contribution in [0, 0.1) is 10.1 Å². The molecule has 0 spiro atoms. The van der Waals surface area contributed by atoms with E-state index in [1.165, 1.54) is 11.1 Å². The van der Waals surface area contributed by atoms with E-state index in [0.29, 0.717) is 17.7 Å². The minimum atomic E-state index is -0.699. The number of primary amides is 1. The van der Waals surface area contributed by atoms with Crippen molar-refractivity contribution in [2.75, 3.05) is 0 Å². The van der Waals surface area contributed by atoms with E-state index < -0.39 is 11.0 Å². The molecule has 0 saturated carbocycles. The zero-order valence-corrected chi connectivity index (χ0v) is 14.9. The van der Waals surface area contributed by atoms with Gasteiger partial charge in [0.25, 0.3) is 5.69 Å². The molecule has 8 heteroatoms. The number of halogens is 1. The van der Waals surface area contributed by atoms with E-state index in [2.05, 4.69) is 21.0 Å². The average Bonchev–Trinajstić information content (AvgIpc) is 2.71. The molecule has 2 aromatic rings. The van der Waals surface area contributed by atoms with Crippen molar-refractivity contribution < 1.29 is 9.72 Å². The van der Waals surface area contributed by atoms with Gasteiger partial charge in [0, 0.05) is 16.1 Å². The van der Waals surface area contributed by atoms with Gasteiger partial charge in [0.1, 0.15) is 5.71 Å². The monoisotopic (exact) mass is 402 g/mol. The molecular weight excluding hydrogens is 388 g/mol. The molecule has 25 heavy (non-hydrogen) atoms. The number of nitro groups is 1. The Labute approximate surface area is 152 Å². The van der Waals surface area contributed by atoms with Crippen LogP contribution in [0.4, 0.5) is 10.5 Å². The maximum Gasteiger partial charge on any atom is 0.335 e. The molecule has 0 bridgehead atoms. The molecular formula is C17H15BrN4O3. The number of carbonyl (C=O) groups is 1. The Morgan fingerprint density at radius 3 is 2.72 bits per heavy atom. The van der Waals surface area contributed by atoms with Gasteiger partial charge in [0.05, 0.1) is 16.5 Å². The summed E-state index contributed by atoms with van der Waals surface area (Å²) in [4.78, 5) is 22.8. The van der Waals surface area contributed by atoms with Crippen molar-refractivity contribution in [2.45, 2.75) is 19.4 Å². The van der Waals surface area contributed by atoms with Gasteiger partial charge in [-0.3, -0.25) is 10.1 Å². The fourth-order valence-electron chi connectivity index (χ4n) is 2.91. The second-order valence-electron chi connectivity index (χ2n) is 5.76. The molecule has 128 valence electrons. The van der Waals surface area contributed by atoms with Crippen molar-refractivity contribution in [3.63, 3.8) is 0 Å². The lowest BCUT2D eigenvalue weighted by Gasteiger charge is -2.20. The third kappa shape index (κ3) is 3.25. The van der Waals surface area contributed by atoms with Gasteiger partial charge < -0.3 is 5.73 Å². The predicted molar refractivity (Wildman–Crippen MR) is 97.5 cm³/mol. The van der Waals surface area contributed by atoms with Gasteiger partial charge in [-0.25, -0.2) is 9.80 Å². The normalized spacial score (nSPS) is 16.6. The van der Waals surface area contributed by atoms with Crippen LogP contribution in [0.2, 0.25) is 0 Å². The van der Waals surface area contributed by atoms with E-state index in [1.54, 1.807) is 18.2 Å². The van der Waals surface area contributed by atoms with E-state index in [1.807, 2.05) is 25.1 Å². The second kappa shape index (κ2) is 6.64. The van der Waals surface area contributed by atoms with Gasteiger partial charge in [-0.1, -0.05) is 34.1 Å². The molecule has 2 aromatic carbocycles. The van der Waals surface area contributed by atoms with E-state index in [-0.39, 0.29) is 11.7 Å². The van der Waals surface area contributed by atoms with Gasteiger partial charge >= 0.3 is 6.03 Å². The highest BCUT2D eigenvalue weighted by molar-refractivity contribution is 9.10. The van der Waals surface area contributed by atoms with Crippen LogP contribution in [0.25, 0.3) is 0 Å². The van der Waals surface area contributed by atoms with E-state index in [9.17, 15) is 14.9 Å². The highest BCUT2D eigenvalue weighted by Crippen LogP contribution is 2.29. The van der Waals surface area contributed by atoms with Crippen molar-refractivity contribution in [3.8, 4) is 0 Å². The highest BCUT2D eigenvalue weighted by Gasteiger charge is 2.29. The molecule has 0 radical (unpaired) electrons. The van der Waals surface area contributed by atoms with Crippen LogP contribution in [-0.4, -0.2) is 27.7 Å². The number of amides is 2. The summed E-state index contributed by atoms with van der Waals surface area (Å²) < 4.78 is 0.817. The number of nitrogens with zero attached hydrogens (tertiary/aromatic N) is 3. The number of urea groups is 1. The van der Waals surface area contributed by atoms with Crippen LogP contribution >= 0.6 is 15.9 Å². The van der Waals surface area contributed by atoms with E-state index in [0.717, 1.165) is 15.6 Å². The first-order valence-electron chi connectivity index (χ1n) is 7.58. The molecule has 1 heterocycles. The summed E-state index contributed by atoms with van der Waals surface area (Å²) in [6.45, 7) is 1.84. The highest BCUT2D eigenvalue weighted by atomic mass is 79.9. The van der Waals surface area contributed by atoms with Crippen molar-refractivity contribution in [3.05, 3.63) is 73.7 Å². The quantitative estimate of drug-likeness (QED) is 0.614. The van der Waals surface area contributed by atoms with Gasteiger partial charge in [-0.15, -0.1) is 0 Å². The largest absolute Gasteiger partial charge is 0.350 e. The number of hydrazone groups is 1. The topological polar surface area (TPSA) is 102 Å². The average molecular weight is 403 g/mol. The molecule has 1 aliphatic heterocycles. The number of rotatable bonds is 2. The summed E-state index contributed by atoms with van der Waals surface area (Å²) in [6.07, 6.45) is 0.541. The molecule has 0 fully saturated rings. The lowest BCUT2D eigenvalue weighted by atomic mass is 9.94. The molecule has 7 nitrogen and oxygen atoms in total. The number of carbonyl (C=O) groups excluding carboxylic acids is 1. The third-order valence-electron chi connectivity index (χ3n) is 4.05. The van der Waals surface area contributed by atoms with Gasteiger partial charge in [0.15, 0.2) is 0 Å². The molecule has 1 atom stereocenters. The summed E-state index contributed by atoms with van der Waals surface area (Å²) in [5.74, 6) is 0. The number of benzene rings is 2. The zero-order chi connectivity index (χ0) is 18.1. The fourth-order valence-corrected chi connectivity index (χ4v) is 3.27. The lowest BCUT2D eigenvalue weighted by Crippen LogP contribution is -2.39. The van der Waals surface area contributed by atoms with Gasteiger partial charge in [0.2, 0.25) is 0 Å². The maximum absolute atomic E-state index is 11.8. The first kappa shape index (κ1) is 17.1. The van der Waals surface area contributed by atoms with Crippen LogP contribution in [0.5, 0.6) is 0 Å². The number of hydrogen-bond acceptors (Lipinski definition) is 4. The van der Waals surface area contributed by atoms with E-state index >= 15 is 0 Å². The van der Waals surface area contributed by atoms with Crippen LogP contribution < -0.4 is 5.73 Å². The Balaban J connectivity index is 2.31. The Bertz CT molecular complexity index is 897. The standard InChI is InChI=1S/C17H15BrN4O3/c1-10-8-11-6-7-12(18)9-14(11)16(20-21(10)17(19)23)13-4-2-3-5-15(13)22(24)25/h2-7,9-10H,8H2,1H3,(H2,19,23). The summed E-state index contributed by atoms with van der Waals surface area (Å²) in [6, 6.07) is 11.0. The molecule has 0 aliphatic carbocycles. The molecule has 0 saturated heterocycles. The smallest absolute Gasteiger partial charge is 0.335 e. The van der Waals surface area contributed by atoms with Gasteiger partial charge in [-0.2, -0.15) is 5.10 Å². The van der Waals surface area contributed by atoms with Crippen molar-refractivity contribution in [2.24, 2.45) is 10.8 Å². The molecule has 3 rings (SSSR count). The Morgan fingerprint density at radius 2 is 2.04 bits per heavy atom. The molecule has 2 amide bonds. The van der Waals surface area contributed by atoms with Crippen molar-refractivity contribution in [1.29, 1.82) is 0 Å². The Hall–Kier alpha value is -2.74. The summed E-state index contributed by atoms with van der Waals surface area (Å²) in [5, 5.41) is 17.0. The second-order valence-corrected chi connectivity index (χ2v) is 6.68. The number of hydrogen-bond donors (Lipinski definition) is 1. The predicted octanol–water partition coefficient (Wildman–Crippen LogP) is 3.44. The third-order valence-corrected chi connectivity index (χ3v) is 4.54. The number of para-hydroxylation sites is 1. The molecule has 1 unspecified atom stereocenters. The number of fused-ring (bicyclic) bond motifs is 1. The van der Waals surface area contributed by atoms with Crippen molar-refractivity contribution >= 4 is 33.4 Å². The van der Waals surface area contributed by atoms with Crippen LogP contribution in [0.15, 0.2) is 52.0 Å². The first-order valence-corrected chi connectivity index (χ1v) is 8.37. The van der Waals surface area contributed by atoms with E-state index in [4.69, 9.17) is 5.73 Å². The Morgan fingerprint density at radius 1 is 1.32 bits per heavy atom. The maximum atomic E-state index is 11.8. The molecule has 1 aliphatic rings.